The second-order valence-electron chi connectivity index (χ2n) is 5.73. The molecule has 19 heavy (non-hydrogen) atoms. The quantitative estimate of drug-likeness (QED) is 0.903. The van der Waals surface area contributed by atoms with Gasteiger partial charge in [0.25, 0.3) is 0 Å². The van der Waals surface area contributed by atoms with Gasteiger partial charge in [-0.15, -0.1) is 11.3 Å². The fraction of sp³-hybridized carbons (Fsp3) is 0.562. The standard InChI is InChI=1S/C16H22N2S/c1-12-6-2-3-7-13(12)10-17-11-16-18-14-8-4-5-9-15(14)19-16/h4-5,8-9,12-13,17H,2-3,6-7,10-11H2,1H3. The third-order valence-corrected chi connectivity index (χ3v) is 5.35. The number of thiazole rings is 1. The van der Waals surface area contributed by atoms with Crippen molar-refractivity contribution in [2.75, 3.05) is 6.54 Å². The smallest absolute Gasteiger partial charge is 0.108 e. The van der Waals surface area contributed by atoms with E-state index < -0.39 is 0 Å². The molecule has 0 spiro atoms. The number of nitrogens with zero attached hydrogens (tertiary/aromatic N) is 1. The van der Waals surface area contributed by atoms with Gasteiger partial charge in [0, 0.05) is 6.54 Å². The van der Waals surface area contributed by atoms with Crippen molar-refractivity contribution in [3.05, 3.63) is 29.3 Å². The second kappa shape index (κ2) is 6.02. The Labute approximate surface area is 119 Å². The van der Waals surface area contributed by atoms with Crippen molar-refractivity contribution in [3.63, 3.8) is 0 Å². The number of aromatic nitrogens is 1. The van der Waals surface area contributed by atoms with E-state index in [-0.39, 0.29) is 0 Å². The Morgan fingerprint density at radius 2 is 2.11 bits per heavy atom. The summed E-state index contributed by atoms with van der Waals surface area (Å²) in [5, 5.41) is 4.82. The van der Waals surface area contributed by atoms with Crippen LogP contribution < -0.4 is 5.32 Å². The third kappa shape index (κ3) is 3.15. The molecule has 1 N–H and O–H groups in total. The zero-order valence-corrected chi connectivity index (χ0v) is 12.4. The van der Waals surface area contributed by atoms with E-state index in [9.17, 15) is 0 Å². The van der Waals surface area contributed by atoms with Gasteiger partial charge in [0.15, 0.2) is 0 Å². The first-order chi connectivity index (χ1) is 9.33. The third-order valence-electron chi connectivity index (χ3n) is 4.31. The minimum Gasteiger partial charge on any atom is -0.310 e. The first-order valence-corrected chi connectivity index (χ1v) is 8.20. The maximum absolute atomic E-state index is 4.67. The van der Waals surface area contributed by atoms with Gasteiger partial charge in [-0.05, 0) is 36.9 Å². The molecule has 2 unspecified atom stereocenters. The van der Waals surface area contributed by atoms with E-state index in [1.807, 2.05) is 11.3 Å². The molecule has 1 aliphatic carbocycles. The van der Waals surface area contributed by atoms with Crippen LogP contribution in [0.4, 0.5) is 0 Å². The highest BCUT2D eigenvalue weighted by atomic mass is 32.1. The Hall–Kier alpha value is -0.930. The Balaban J connectivity index is 1.54. The molecule has 1 aromatic heterocycles. The van der Waals surface area contributed by atoms with Gasteiger partial charge in [-0.3, -0.25) is 0 Å². The first kappa shape index (κ1) is 13.1. The molecule has 1 fully saturated rings. The largest absolute Gasteiger partial charge is 0.310 e. The van der Waals surface area contributed by atoms with Gasteiger partial charge < -0.3 is 5.32 Å². The lowest BCUT2D eigenvalue weighted by Crippen LogP contribution is -2.29. The summed E-state index contributed by atoms with van der Waals surface area (Å²) in [7, 11) is 0. The normalized spacial score (nSPS) is 23.8. The van der Waals surface area contributed by atoms with Crippen molar-refractivity contribution >= 4 is 21.6 Å². The monoisotopic (exact) mass is 274 g/mol. The summed E-state index contributed by atoms with van der Waals surface area (Å²) in [4.78, 5) is 4.67. The molecule has 0 bridgehead atoms. The zero-order valence-electron chi connectivity index (χ0n) is 11.6. The average molecular weight is 274 g/mol. The van der Waals surface area contributed by atoms with Crippen LogP contribution in [0.15, 0.2) is 24.3 Å². The highest BCUT2D eigenvalue weighted by molar-refractivity contribution is 7.18. The second-order valence-corrected chi connectivity index (χ2v) is 6.84. The van der Waals surface area contributed by atoms with Crippen molar-refractivity contribution < 1.29 is 0 Å². The number of hydrogen-bond acceptors (Lipinski definition) is 3. The summed E-state index contributed by atoms with van der Waals surface area (Å²) in [5.74, 6) is 1.75. The average Bonchev–Trinajstić information content (AvgIpc) is 2.83. The predicted octanol–water partition coefficient (Wildman–Crippen LogP) is 4.21. The number of nitrogens with one attached hydrogen (secondary N) is 1. The molecular weight excluding hydrogens is 252 g/mol. The summed E-state index contributed by atoms with van der Waals surface area (Å²) in [5.41, 5.74) is 1.13. The molecule has 102 valence electrons. The fourth-order valence-corrected chi connectivity index (χ4v) is 3.99. The van der Waals surface area contributed by atoms with Crippen LogP contribution >= 0.6 is 11.3 Å². The van der Waals surface area contributed by atoms with Crippen molar-refractivity contribution in [2.24, 2.45) is 11.8 Å². The summed E-state index contributed by atoms with van der Waals surface area (Å²) >= 11 is 1.81. The zero-order chi connectivity index (χ0) is 13.1. The Morgan fingerprint density at radius 3 is 2.95 bits per heavy atom. The summed E-state index contributed by atoms with van der Waals surface area (Å²) in [6, 6.07) is 8.39. The molecule has 1 aliphatic rings. The molecule has 2 atom stereocenters. The van der Waals surface area contributed by atoms with Gasteiger partial charge in [0.2, 0.25) is 0 Å². The van der Waals surface area contributed by atoms with Crippen LogP contribution in [-0.2, 0) is 6.54 Å². The lowest BCUT2D eigenvalue weighted by molar-refractivity contribution is 0.247. The summed E-state index contributed by atoms with van der Waals surface area (Å²) in [6.45, 7) is 4.48. The van der Waals surface area contributed by atoms with Gasteiger partial charge in [-0.25, -0.2) is 4.98 Å². The maximum Gasteiger partial charge on any atom is 0.108 e. The van der Waals surface area contributed by atoms with Gasteiger partial charge in [0.05, 0.1) is 10.2 Å². The van der Waals surface area contributed by atoms with Crippen LogP contribution in [0.3, 0.4) is 0 Å². The molecule has 1 heterocycles. The molecule has 1 aromatic carbocycles. The van der Waals surface area contributed by atoms with Crippen LogP contribution in [-0.4, -0.2) is 11.5 Å². The maximum atomic E-state index is 4.67. The van der Waals surface area contributed by atoms with Crippen molar-refractivity contribution in [3.8, 4) is 0 Å². The van der Waals surface area contributed by atoms with Crippen LogP contribution in [0.1, 0.15) is 37.6 Å². The van der Waals surface area contributed by atoms with E-state index in [1.165, 1.54) is 35.4 Å². The SMILES string of the molecule is CC1CCCCC1CNCc1nc2ccccc2s1. The number of rotatable bonds is 4. The minimum absolute atomic E-state index is 0.864. The van der Waals surface area contributed by atoms with E-state index in [4.69, 9.17) is 0 Å². The van der Waals surface area contributed by atoms with E-state index in [2.05, 4.69) is 41.5 Å². The number of fused-ring (bicyclic) bond motifs is 1. The summed E-state index contributed by atoms with van der Waals surface area (Å²) in [6.07, 6.45) is 5.65. The fourth-order valence-electron chi connectivity index (χ4n) is 3.06. The molecule has 0 saturated heterocycles. The summed E-state index contributed by atoms with van der Waals surface area (Å²) < 4.78 is 1.30. The molecule has 0 aliphatic heterocycles. The van der Waals surface area contributed by atoms with Gasteiger partial charge >= 0.3 is 0 Å². The van der Waals surface area contributed by atoms with Crippen LogP contribution in [0.25, 0.3) is 10.2 Å². The van der Waals surface area contributed by atoms with Crippen molar-refractivity contribution in [2.45, 2.75) is 39.2 Å². The molecular formula is C16H22N2S. The van der Waals surface area contributed by atoms with Crippen LogP contribution in [0.5, 0.6) is 0 Å². The van der Waals surface area contributed by atoms with Gasteiger partial charge in [-0.1, -0.05) is 38.3 Å². The van der Waals surface area contributed by atoms with Crippen molar-refractivity contribution in [1.82, 2.24) is 10.3 Å². The highest BCUT2D eigenvalue weighted by Gasteiger charge is 2.20. The lowest BCUT2D eigenvalue weighted by atomic mass is 9.80. The van der Waals surface area contributed by atoms with Gasteiger partial charge in [-0.2, -0.15) is 0 Å². The van der Waals surface area contributed by atoms with E-state index in [1.54, 1.807) is 0 Å². The van der Waals surface area contributed by atoms with Crippen LogP contribution in [0.2, 0.25) is 0 Å². The molecule has 2 nitrogen and oxygen atoms in total. The Bertz CT molecular complexity index is 501. The Kier molecular flexibility index (Phi) is 4.14. The van der Waals surface area contributed by atoms with E-state index in [0.29, 0.717) is 0 Å². The topological polar surface area (TPSA) is 24.9 Å². The predicted molar refractivity (Wildman–Crippen MR) is 82.4 cm³/mol. The minimum atomic E-state index is 0.864. The number of hydrogen-bond donors (Lipinski definition) is 1. The molecule has 3 rings (SSSR count). The van der Waals surface area contributed by atoms with Gasteiger partial charge in [0.1, 0.15) is 5.01 Å². The molecule has 3 heteroatoms. The Morgan fingerprint density at radius 1 is 1.26 bits per heavy atom. The van der Waals surface area contributed by atoms with E-state index >= 15 is 0 Å². The van der Waals surface area contributed by atoms with Crippen molar-refractivity contribution in [1.29, 1.82) is 0 Å². The highest BCUT2D eigenvalue weighted by Crippen LogP contribution is 2.29. The van der Waals surface area contributed by atoms with E-state index in [0.717, 1.165) is 30.4 Å². The number of para-hydroxylation sites is 1. The molecule has 0 amide bonds. The lowest BCUT2D eigenvalue weighted by Gasteiger charge is -2.28. The number of benzene rings is 1. The molecule has 0 radical (unpaired) electrons. The molecule has 2 aromatic rings. The first-order valence-electron chi connectivity index (χ1n) is 7.38. The van der Waals surface area contributed by atoms with Crippen LogP contribution in [0, 0.1) is 11.8 Å². The molecule has 1 saturated carbocycles.